The van der Waals surface area contributed by atoms with Crippen LogP contribution in [0.15, 0.2) is 464 Å². The predicted octanol–water partition coefficient (Wildman–Crippen LogP) is 35.2. The van der Waals surface area contributed by atoms with Crippen molar-refractivity contribution >= 4 is 127 Å². The van der Waals surface area contributed by atoms with E-state index in [2.05, 4.69) is 478 Å². The van der Waals surface area contributed by atoms with Gasteiger partial charge in [0.15, 0.2) is 0 Å². The van der Waals surface area contributed by atoms with Gasteiger partial charge in [-0.25, -0.2) is 0 Å². The monoisotopic (exact) mass is 1620 g/mol. The van der Waals surface area contributed by atoms with Crippen molar-refractivity contribution in [1.29, 1.82) is 0 Å². The first-order valence-corrected chi connectivity index (χ1v) is 44.0. The van der Waals surface area contributed by atoms with E-state index in [1.165, 1.54) is 98.4 Å². The molecule has 0 aliphatic heterocycles. The number of anilines is 6. The van der Waals surface area contributed by atoms with Crippen LogP contribution in [-0.2, 0) is 0 Å². The average molecular weight is 1620 g/mol. The summed E-state index contributed by atoms with van der Waals surface area (Å²) >= 11 is 0. The van der Waals surface area contributed by atoms with Gasteiger partial charge < -0.3 is 18.6 Å². The van der Waals surface area contributed by atoms with Gasteiger partial charge in [0.05, 0.1) is 22.7 Å². The fraction of sp³-hybridized carbons (Fsp3) is 0.0244. The largest absolute Gasteiger partial charge is 0.456 e. The van der Waals surface area contributed by atoms with Gasteiger partial charge in [0.2, 0.25) is 0 Å². The Balaban J connectivity index is 0.561. The van der Waals surface area contributed by atoms with Crippen LogP contribution >= 0.6 is 0 Å². The Morgan fingerprint density at radius 1 is 0.220 bits per heavy atom. The van der Waals surface area contributed by atoms with Crippen molar-refractivity contribution < 1.29 is 8.83 Å². The van der Waals surface area contributed by atoms with Crippen molar-refractivity contribution in [2.24, 2.45) is 0 Å². The summed E-state index contributed by atoms with van der Waals surface area (Å²) in [6.07, 6.45) is 5.38. The molecule has 2 aromatic heterocycles. The van der Waals surface area contributed by atoms with Gasteiger partial charge in [-0.3, -0.25) is 0 Å². The maximum atomic E-state index is 7.23. The summed E-state index contributed by atoms with van der Waals surface area (Å²) in [4.78, 5) is 4.93. The summed E-state index contributed by atoms with van der Waals surface area (Å²) in [5.74, 6) is 1.35. The van der Waals surface area contributed by atoms with Crippen molar-refractivity contribution in [1.82, 2.24) is 0 Å². The summed E-state index contributed by atoms with van der Waals surface area (Å²) < 4.78 is 13.9. The highest BCUT2D eigenvalue weighted by atomic mass is 16.3. The SMILES string of the molecule is CC1CC=Cc2oc3cc(-c4ccccc4N(c4ccc(-c5ccc(-c6cccc7cc(-c8cccc9c8oc8cc(-c%10ccccc%10N(c%10ccc(-c%11cccc%12c%11ccc%11ccccc%11%12)cc%10)c%10ccccc%10-c%10cccc%11cccc(-c%12ccccc%12)c%10%11)ccc89)ccc67)cc5)cc4)c4ccccc4-c4cccc5cccc(-c6ccccc6)c45)ccc3c21. The minimum absolute atomic E-state index is 0.386. The molecule has 4 nitrogen and oxygen atoms in total. The summed E-state index contributed by atoms with van der Waals surface area (Å²) in [6, 6.07) is 165. The highest BCUT2D eigenvalue weighted by Crippen LogP contribution is 2.53. The second kappa shape index (κ2) is 31.2. The number of hydrogen-bond donors (Lipinski definition) is 0. The van der Waals surface area contributed by atoms with E-state index in [4.69, 9.17) is 8.83 Å². The van der Waals surface area contributed by atoms with Crippen molar-refractivity contribution in [3.8, 4) is 111 Å². The summed E-state index contributed by atoms with van der Waals surface area (Å²) in [6.45, 7) is 2.30. The first-order valence-electron chi connectivity index (χ1n) is 44.0. The van der Waals surface area contributed by atoms with Crippen molar-refractivity contribution in [2.45, 2.75) is 19.3 Å². The fourth-order valence-electron chi connectivity index (χ4n) is 20.3. The maximum Gasteiger partial charge on any atom is 0.143 e. The zero-order valence-corrected chi connectivity index (χ0v) is 69.9. The number of rotatable bonds is 16. The maximum absolute atomic E-state index is 7.23. The zero-order valence-electron chi connectivity index (χ0n) is 69.9. The summed E-state index contributed by atoms with van der Waals surface area (Å²) in [5, 5.41) is 15.4. The topological polar surface area (TPSA) is 32.8 Å². The molecule has 0 N–H and O–H groups in total. The van der Waals surface area contributed by atoms with E-state index in [1.54, 1.807) is 0 Å². The smallest absolute Gasteiger partial charge is 0.143 e. The molecule has 0 bridgehead atoms. The van der Waals surface area contributed by atoms with E-state index in [0.29, 0.717) is 5.92 Å². The molecule has 1 atom stereocenters. The molecule has 2 heterocycles. The standard InChI is InChI=1S/C123H82N2O2/c1-79-26-18-55-117-120(79)112-75-67-92(78-119(112)126-117)100-39-11-15-52-114(100)124(115-53-16-12-40-106(115)109-48-21-34-87-32-19-44-101(121(87)109)82-27-4-2-5-28-82)93-68-60-81(61-69-93)80-56-58-85(59-57-80)95-42-23-36-89-76-90(65-72-98(89)95)103-46-25-50-111-108-74-66-91(77-118(108)127-123(103)111)99-38-10-14-51-113(99)125(94-70-62-86(63-71-94)97-43-24-47-104-96-37-9-8-31-84(96)64-73-105(97)104)116-54-17-13-41-107(116)110-49-22-35-88-33-20-45-102(122(88)110)83-29-6-3-7-30-83/h2-25,27-79H,26H2,1H3. The van der Waals surface area contributed by atoms with Gasteiger partial charge >= 0.3 is 0 Å². The van der Waals surface area contributed by atoms with Crippen LogP contribution in [0.3, 0.4) is 0 Å². The molecule has 0 saturated heterocycles. The lowest BCUT2D eigenvalue weighted by Crippen LogP contribution is -2.12. The molecule has 0 spiro atoms. The Bertz CT molecular complexity index is 8290. The highest BCUT2D eigenvalue weighted by molar-refractivity contribution is 6.16. The highest BCUT2D eigenvalue weighted by Gasteiger charge is 2.28. The second-order valence-corrected chi connectivity index (χ2v) is 33.6. The quantitative estimate of drug-likeness (QED) is 0.0903. The van der Waals surface area contributed by atoms with Gasteiger partial charge in [-0.15, -0.1) is 0 Å². The molecule has 0 amide bonds. The van der Waals surface area contributed by atoms with E-state index < -0.39 is 0 Å². The van der Waals surface area contributed by atoms with Crippen molar-refractivity contribution in [3.05, 3.63) is 466 Å². The van der Waals surface area contributed by atoms with E-state index in [-0.39, 0.29) is 0 Å². The lowest BCUT2D eigenvalue weighted by atomic mass is 9.90. The summed E-state index contributed by atoms with van der Waals surface area (Å²) in [5.41, 5.74) is 32.9. The number of furan rings is 2. The van der Waals surface area contributed by atoms with Crippen LogP contribution < -0.4 is 9.80 Å². The Kier molecular flexibility index (Phi) is 18.3. The Morgan fingerprint density at radius 2 is 0.591 bits per heavy atom. The second-order valence-electron chi connectivity index (χ2n) is 33.6. The van der Waals surface area contributed by atoms with Gasteiger partial charge in [0.1, 0.15) is 22.5 Å². The molecule has 21 aromatic carbocycles. The number of benzene rings is 21. The van der Waals surface area contributed by atoms with Crippen LogP contribution in [0.2, 0.25) is 0 Å². The lowest BCUT2D eigenvalue weighted by Gasteiger charge is -2.30. The van der Waals surface area contributed by atoms with E-state index >= 15 is 0 Å². The molecular weight excluding hydrogens is 1540 g/mol. The van der Waals surface area contributed by atoms with Crippen LogP contribution in [0, 0.1) is 0 Å². The third-order valence-corrected chi connectivity index (χ3v) is 26.3. The van der Waals surface area contributed by atoms with Gasteiger partial charge in [-0.1, -0.05) is 389 Å². The zero-order chi connectivity index (χ0) is 84.0. The first kappa shape index (κ1) is 74.4. The lowest BCUT2D eigenvalue weighted by molar-refractivity contribution is 0.586. The molecule has 24 rings (SSSR count). The first-order chi connectivity index (χ1) is 62.9. The van der Waals surface area contributed by atoms with Gasteiger partial charge in [-0.2, -0.15) is 0 Å². The van der Waals surface area contributed by atoms with Gasteiger partial charge in [0, 0.05) is 60.9 Å². The molecule has 0 fully saturated rings. The van der Waals surface area contributed by atoms with Crippen LogP contribution in [-0.4, -0.2) is 0 Å². The molecule has 23 aromatic rings. The molecule has 596 valence electrons. The molecule has 0 radical (unpaired) electrons. The molecule has 1 unspecified atom stereocenters. The Hall–Kier alpha value is -16.4. The predicted molar refractivity (Wildman–Crippen MR) is 537 cm³/mol. The number of hydrogen-bond acceptors (Lipinski definition) is 4. The molecule has 127 heavy (non-hydrogen) atoms. The Labute approximate surface area is 737 Å². The minimum atomic E-state index is 0.386. The molecule has 4 heteroatoms. The third kappa shape index (κ3) is 13.0. The van der Waals surface area contributed by atoms with Crippen LogP contribution in [0.5, 0.6) is 0 Å². The van der Waals surface area contributed by atoms with Crippen LogP contribution in [0.1, 0.15) is 30.6 Å². The van der Waals surface area contributed by atoms with Gasteiger partial charge in [0.25, 0.3) is 0 Å². The number of nitrogens with zero attached hydrogens (tertiary/aromatic N) is 2. The number of para-hydroxylation sites is 5. The van der Waals surface area contributed by atoms with E-state index in [1.807, 2.05) is 0 Å². The normalized spacial score (nSPS) is 12.6. The molecule has 1 aliphatic rings. The minimum Gasteiger partial charge on any atom is -0.456 e. The number of fused-ring (bicyclic) bond motifs is 12. The summed E-state index contributed by atoms with van der Waals surface area (Å²) in [7, 11) is 0. The van der Waals surface area contributed by atoms with Crippen molar-refractivity contribution in [3.63, 3.8) is 0 Å². The van der Waals surface area contributed by atoms with Crippen LogP contribution in [0.4, 0.5) is 34.1 Å². The van der Waals surface area contributed by atoms with Crippen molar-refractivity contribution in [2.75, 3.05) is 9.80 Å². The van der Waals surface area contributed by atoms with E-state index in [0.717, 1.165) is 152 Å². The molecular formula is C123H82N2O2. The van der Waals surface area contributed by atoms with Crippen LogP contribution in [0.25, 0.3) is 204 Å². The number of allylic oxidation sites excluding steroid dienone is 1. The molecule has 1 aliphatic carbocycles. The fourth-order valence-corrected chi connectivity index (χ4v) is 20.3. The van der Waals surface area contributed by atoms with Gasteiger partial charge in [-0.05, 0) is 229 Å². The molecule has 0 saturated carbocycles. The van der Waals surface area contributed by atoms with E-state index in [9.17, 15) is 0 Å². The third-order valence-electron chi connectivity index (χ3n) is 26.3. The average Bonchev–Trinajstić information content (AvgIpc) is 1.67. The Morgan fingerprint density at radius 3 is 1.17 bits per heavy atom.